The van der Waals surface area contributed by atoms with E-state index in [0.717, 1.165) is 6.42 Å². The number of amides is 1. The molecule has 1 aliphatic carbocycles. The Morgan fingerprint density at radius 2 is 1.90 bits per heavy atom. The zero-order valence-corrected chi connectivity index (χ0v) is 17.7. The molecule has 1 heterocycles. The number of phenolic OH excluding ortho intramolecular Hbond substituents is 1. The number of carbonyl (C=O) groups is 1. The summed E-state index contributed by atoms with van der Waals surface area (Å²) < 4.78 is 5.97. The molecule has 1 fully saturated rings. The Kier molecular flexibility index (Phi) is 6.61. The lowest BCUT2D eigenvalue weighted by Crippen LogP contribution is -2.44. The van der Waals surface area contributed by atoms with Crippen molar-refractivity contribution in [3.63, 3.8) is 0 Å². The van der Waals surface area contributed by atoms with Crippen molar-refractivity contribution in [1.29, 1.82) is 0 Å². The van der Waals surface area contributed by atoms with E-state index >= 15 is 0 Å². The van der Waals surface area contributed by atoms with Crippen molar-refractivity contribution in [2.75, 3.05) is 6.54 Å². The summed E-state index contributed by atoms with van der Waals surface area (Å²) in [6, 6.07) is 13.1. The van der Waals surface area contributed by atoms with Crippen LogP contribution in [-0.4, -0.2) is 39.7 Å². The Morgan fingerprint density at radius 1 is 1.16 bits per heavy atom. The third kappa shape index (κ3) is 5.28. The predicted molar refractivity (Wildman–Crippen MR) is 119 cm³/mol. The minimum absolute atomic E-state index is 0.137. The number of halogens is 1. The molecule has 2 aromatic rings. The zero-order valence-electron chi connectivity index (χ0n) is 16.9. The van der Waals surface area contributed by atoms with E-state index in [1.165, 1.54) is 12.1 Å². The molecule has 0 saturated carbocycles. The minimum Gasteiger partial charge on any atom is -0.508 e. The van der Waals surface area contributed by atoms with Crippen LogP contribution >= 0.6 is 11.6 Å². The number of hydrogen-bond acceptors (Lipinski definition) is 5. The van der Waals surface area contributed by atoms with Crippen molar-refractivity contribution in [1.82, 2.24) is 10.2 Å². The SMILES string of the molecule is O=C(NC1=C[C@@H](Oc2ccc(Cl)cc2)CC=C1)C1CCCN1C(O)c1ccc(O)cc1. The number of benzene rings is 2. The molecule has 1 saturated heterocycles. The van der Waals surface area contributed by atoms with Crippen molar-refractivity contribution >= 4 is 17.5 Å². The molecule has 0 aromatic heterocycles. The van der Waals surface area contributed by atoms with Crippen molar-refractivity contribution in [3.05, 3.63) is 83.0 Å². The lowest BCUT2D eigenvalue weighted by atomic mass is 10.1. The van der Waals surface area contributed by atoms with Crippen LogP contribution in [0.25, 0.3) is 0 Å². The average molecular weight is 441 g/mol. The smallest absolute Gasteiger partial charge is 0.241 e. The van der Waals surface area contributed by atoms with Gasteiger partial charge in [-0.3, -0.25) is 9.69 Å². The molecule has 3 N–H and O–H groups in total. The third-order valence-electron chi connectivity index (χ3n) is 5.50. The van der Waals surface area contributed by atoms with Crippen molar-refractivity contribution < 1.29 is 19.7 Å². The maximum absolute atomic E-state index is 13.0. The van der Waals surface area contributed by atoms with E-state index in [0.29, 0.717) is 41.4 Å². The summed E-state index contributed by atoms with van der Waals surface area (Å²) in [6.45, 7) is 0.622. The Labute approximate surface area is 186 Å². The van der Waals surface area contributed by atoms with Crippen molar-refractivity contribution in [3.8, 4) is 11.5 Å². The third-order valence-corrected chi connectivity index (χ3v) is 5.75. The molecular weight excluding hydrogens is 416 g/mol. The van der Waals surface area contributed by atoms with E-state index < -0.39 is 12.3 Å². The van der Waals surface area contributed by atoms with E-state index in [1.807, 2.05) is 30.4 Å². The van der Waals surface area contributed by atoms with Gasteiger partial charge in [-0.15, -0.1) is 0 Å². The number of nitrogens with zero attached hydrogens (tertiary/aromatic N) is 1. The lowest BCUT2D eigenvalue weighted by molar-refractivity contribution is -0.128. The second-order valence-corrected chi connectivity index (χ2v) is 8.16. The first-order valence-electron chi connectivity index (χ1n) is 10.3. The first-order valence-corrected chi connectivity index (χ1v) is 10.7. The quantitative estimate of drug-likeness (QED) is 0.634. The topological polar surface area (TPSA) is 82.0 Å². The number of carbonyl (C=O) groups excluding carboxylic acids is 1. The predicted octanol–water partition coefficient (Wildman–Crippen LogP) is 3.91. The summed E-state index contributed by atoms with van der Waals surface area (Å²) in [6.07, 6.45) is 6.83. The summed E-state index contributed by atoms with van der Waals surface area (Å²) in [5.74, 6) is 0.696. The maximum Gasteiger partial charge on any atom is 0.241 e. The van der Waals surface area contributed by atoms with Gasteiger partial charge in [0.2, 0.25) is 5.91 Å². The number of hydrogen-bond donors (Lipinski definition) is 3. The number of aliphatic hydroxyl groups is 1. The van der Waals surface area contributed by atoms with Crippen LogP contribution in [0.1, 0.15) is 31.1 Å². The molecule has 0 spiro atoms. The number of likely N-dealkylation sites (tertiary alicyclic amines) is 1. The molecule has 162 valence electrons. The number of allylic oxidation sites excluding steroid dienone is 1. The second kappa shape index (κ2) is 9.56. The highest BCUT2D eigenvalue weighted by atomic mass is 35.5. The molecule has 0 bridgehead atoms. The maximum atomic E-state index is 13.0. The van der Waals surface area contributed by atoms with Crippen molar-refractivity contribution in [2.24, 2.45) is 0 Å². The molecule has 2 aliphatic rings. The molecular formula is C24H25ClN2O4. The van der Waals surface area contributed by atoms with Gasteiger partial charge in [-0.25, -0.2) is 0 Å². The highest BCUT2D eigenvalue weighted by molar-refractivity contribution is 6.30. The van der Waals surface area contributed by atoms with Gasteiger partial charge in [0.25, 0.3) is 0 Å². The summed E-state index contributed by atoms with van der Waals surface area (Å²) in [4.78, 5) is 14.8. The van der Waals surface area contributed by atoms with Crippen LogP contribution in [0.2, 0.25) is 5.02 Å². The number of phenols is 1. The number of aromatic hydroxyl groups is 1. The number of ether oxygens (including phenoxy) is 1. The van der Waals surface area contributed by atoms with Crippen molar-refractivity contribution in [2.45, 2.75) is 37.6 Å². The van der Waals surface area contributed by atoms with E-state index in [4.69, 9.17) is 16.3 Å². The number of aliphatic hydroxyl groups excluding tert-OH is 1. The molecule has 2 unspecified atom stereocenters. The average Bonchev–Trinajstić information content (AvgIpc) is 3.26. The van der Waals surface area contributed by atoms with E-state index in [1.54, 1.807) is 29.2 Å². The molecule has 1 amide bonds. The first kappa shape index (κ1) is 21.4. The van der Waals surface area contributed by atoms with Gasteiger partial charge in [-0.1, -0.05) is 29.8 Å². The summed E-state index contributed by atoms with van der Waals surface area (Å²) >= 11 is 5.92. The molecule has 6 nitrogen and oxygen atoms in total. The van der Waals surface area contributed by atoms with E-state index in [9.17, 15) is 15.0 Å². The largest absolute Gasteiger partial charge is 0.508 e. The molecule has 0 radical (unpaired) electrons. The van der Waals surface area contributed by atoms with Crippen LogP contribution in [0.5, 0.6) is 11.5 Å². The molecule has 4 rings (SSSR count). The van der Waals surface area contributed by atoms with Gasteiger partial charge in [-0.05, 0) is 67.0 Å². The second-order valence-electron chi connectivity index (χ2n) is 7.72. The fourth-order valence-corrected chi connectivity index (χ4v) is 4.06. The Balaban J connectivity index is 1.40. The van der Waals surface area contributed by atoms with Gasteiger partial charge in [0, 0.05) is 23.7 Å². The van der Waals surface area contributed by atoms with E-state index in [2.05, 4.69) is 5.32 Å². The molecule has 31 heavy (non-hydrogen) atoms. The van der Waals surface area contributed by atoms with Crippen LogP contribution in [-0.2, 0) is 4.79 Å². The normalized spacial score (nSPS) is 22.1. The highest BCUT2D eigenvalue weighted by Gasteiger charge is 2.35. The van der Waals surface area contributed by atoms with Gasteiger partial charge >= 0.3 is 0 Å². The minimum atomic E-state index is -0.907. The first-order chi connectivity index (χ1) is 15.0. The van der Waals surface area contributed by atoms with Crippen LogP contribution < -0.4 is 10.1 Å². The molecule has 2 aromatic carbocycles. The van der Waals surface area contributed by atoms with Gasteiger partial charge in [0.15, 0.2) is 0 Å². The Hall–Kier alpha value is -2.80. The summed E-state index contributed by atoms with van der Waals surface area (Å²) in [7, 11) is 0. The highest BCUT2D eigenvalue weighted by Crippen LogP contribution is 2.29. The number of rotatable bonds is 6. The molecule has 3 atom stereocenters. The molecule has 7 heteroatoms. The van der Waals surface area contributed by atoms with E-state index in [-0.39, 0.29) is 17.8 Å². The number of nitrogens with one attached hydrogen (secondary N) is 1. The summed E-state index contributed by atoms with van der Waals surface area (Å²) in [5.41, 5.74) is 1.33. The lowest BCUT2D eigenvalue weighted by Gasteiger charge is -2.29. The Bertz CT molecular complexity index is 972. The standard InChI is InChI=1S/C24H25ClN2O4/c25-17-8-12-20(13-9-17)31-21-4-1-3-18(15-21)26-23(29)22-5-2-14-27(22)24(30)16-6-10-19(28)11-7-16/h1,3,6-13,15,21-22,24,28,30H,2,4-5,14H2,(H,26,29)/t21-,22?,24?/m0/s1. The molecule has 1 aliphatic heterocycles. The summed E-state index contributed by atoms with van der Waals surface area (Å²) in [5, 5.41) is 23.9. The van der Waals surface area contributed by atoms with Crippen LogP contribution in [0.15, 0.2) is 72.5 Å². The Morgan fingerprint density at radius 3 is 2.65 bits per heavy atom. The fraction of sp³-hybridized carbons (Fsp3) is 0.292. The van der Waals surface area contributed by atoms with Crippen LogP contribution in [0.3, 0.4) is 0 Å². The fourth-order valence-electron chi connectivity index (χ4n) is 3.93. The van der Waals surface area contributed by atoms with Gasteiger partial charge in [0.05, 0.1) is 6.04 Å². The van der Waals surface area contributed by atoms with Gasteiger partial charge < -0.3 is 20.3 Å². The van der Waals surface area contributed by atoms with Crippen LogP contribution in [0.4, 0.5) is 0 Å². The van der Waals surface area contributed by atoms with Gasteiger partial charge in [-0.2, -0.15) is 0 Å². The van der Waals surface area contributed by atoms with Crippen LogP contribution in [0, 0.1) is 0 Å². The van der Waals surface area contributed by atoms with Gasteiger partial charge in [0.1, 0.15) is 23.8 Å². The zero-order chi connectivity index (χ0) is 21.8. The monoisotopic (exact) mass is 440 g/mol.